The van der Waals surface area contributed by atoms with Crippen molar-refractivity contribution in [3.63, 3.8) is 0 Å². The number of nitrogens with two attached hydrogens (primary N) is 1. The number of carbonyl (C=O) groups excluding carboxylic acids is 1. The van der Waals surface area contributed by atoms with E-state index in [2.05, 4.69) is 16.0 Å². The number of nitriles is 1. The summed E-state index contributed by atoms with van der Waals surface area (Å²) in [4.78, 5) is 45.4. The van der Waals surface area contributed by atoms with Gasteiger partial charge in [-0.1, -0.05) is 48.5 Å². The third-order valence-electron chi connectivity index (χ3n) is 7.05. The number of primary amides is 1. The molecule has 0 saturated heterocycles. The number of aromatic nitrogens is 2. The van der Waals surface area contributed by atoms with Crippen LogP contribution in [0.2, 0.25) is 0 Å². The second-order valence-electron chi connectivity index (χ2n) is 11.3. The van der Waals surface area contributed by atoms with E-state index in [0.717, 1.165) is 38.9 Å². The minimum Gasteiger partial charge on any atom is -0.480 e. The standard InChI is InChI=1S/C34H32N4O5S2/c1-33(2,31(40)41)44-28-13-14-37-18-25(28)23-11-9-21(10-12-23)24(17-35)27-16-29(45-34(3,4)32(42)43)26(19-38-27)22-7-5-20(6-8-22)15-30(36)39/h5-14,16,18-19,24H,15H2,1-4H3,(H2,36,39)(H,40,41)(H,42,43). The van der Waals surface area contributed by atoms with Crippen molar-refractivity contribution in [1.29, 1.82) is 5.26 Å². The van der Waals surface area contributed by atoms with Gasteiger partial charge in [0.25, 0.3) is 0 Å². The molecule has 4 aromatic rings. The molecule has 0 bridgehead atoms. The predicted molar refractivity (Wildman–Crippen MR) is 175 cm³/mol. The first-order chi connectivity index (χ1) is 21.2. The van der Waals surface area contributed by atoms with Crippen LogP contribution in [0, 0.1) is 11.3 Å². The molecule has 0 radical (unpaired) electrons. The summed E-state index contributed by atoms with van der Waals surface area (Å²) in [6.07, 6.45) is 5.05. The summed E-state index contributed by atoms with van der Waals surface area (Å²) in [6.45, 7) is 6.52. The Labute approximate surface area is 269 Å². The molecule has 0 fully saturated rings. The molecule has 2 aromatic heterocycles. The lowest BCUT2D eigenvalue weighted by Gasteiger charge is -2.22. The number of hydrogen-bond donors (Lipinski definition) is 3. The Balaban J connectivity index is 1.70. The van der Waals surface area contributed by atoms with Crippen molar-refractivity contribution < 1.29 is 24.6 Å². The van der Waals surface area contributed by atoms with Crippen LogP contribution in [-0.4, -0.2) is 47.5 Å². The van der Waals surface area contributed by atoms with Crippen LogP contribution in [0.15, 0.2) is 89.0 Å². The monoisotopic (exact) mass is 640 g/mol. The van der Waals surface area contributed by atoms with Gasteiger partial charge in [0, 0.05) is 39.5 Å². The number of carbonyl (C=O) groups is 3. The molecule has 0 spiro atoms. The van der Waals surface area contributed by atoms with Gasteiger partial charge in [0.1, 0.15) is 15.4 Å². The highest BCUT2D eigenvalue weighted by atomic mass is 32.2. The van der Waals surface area contributed by atoms with Crippen LogP contribution in [-0.2, 0) is 20.8 Å². The fourth-order valence-electron chi connectivity index (χ4n) is 4.41. The van der Waals surface area contributed by atoms with E-state index in [1.54, 1.807) is 70.6 Å². The summed E-state index contributed by atoms with van der Waals surface area (Å²) in [6, 6.07) is 20.5. The van der Waals surface area contributed by atoms with Crippen LogP contribution in [0.1, 0.15) is 50.4 Å². The van der Waals surface area contributed by atoms with Gasteiger partial charge in [0.2, 0.25) is 5.91 Å². The minimum absolute atomic E-state index is 0.106. The molecule has 230 valence electrons. The first-order valence-electron chi connectivity index (χ1n) is 13.9. The van der Waals surface area contributed by atoms with Crippen molar-refractivity contribution in [2.75, 3.05) is 0 Å². The summed E-state index contributed by atoms with van der Waals surface area (Å²) in [5, 5.41) is 29.7. The second kappa shape index (κ2) is 13.5. The lowest BCUT2D eigenvalue weighted by atomic mass is 9.94. The van der Waals surface area contributed by atoms with E-state index >= 15 is 0 Å². The van der Waals surface area contributed by atoms with E-state index in [4.69, 9.17) is 5.73 Å². The molecule has 1 unspecified atom stereocenters. The van der Waals surface area contributed by atoms with Gasteiger partial charge in [-0.05, 0) is 62.1 Å². The van der Waals surface area contributed by atoms with Gasteiger partial charge in [-0.25, -0.2) is 0 Å². The second-order valence-corrected chi connectivity index (χ2v) is 14.7. The lowest BCUT2D eigenvalue weighted by molar-refractivity contribution is -0.139. The highest BCUT2D eigenvalue weighted by Crippen LogP contribution is 2.42. The third-order valence-corrected chi connectivity index (χ3v) is 9.56. The number of pyridine rings is 2. The topological polar surface area (TPSA) is 167 Å². The van der Waals surface area contributed by atoms with E-state index < -0.39 is 33.3 Å². The fraction of sp³-hybridized carbons (Fsp3) is 0.235. The number of benzene rings is 2. The Kier molecular flexibility index (Phi) is 10.0. The van der Waals surface area contributed by atoms with Gasteiger partial charge >= 0.3 is 11.9 Å². The Morgan fingerprint density at radius 1 is 0.844 bits per heavy atom. The van der Waals surface area contributed by atoms with Gasteiger partial charge in [-0.15, -0.1) is 23.5 Å². The highest BCUT2D eigenvalue weighted by Gasteiger charge is 2.31. The van der Waals surface area contributed by atoms with E-state index in [9.17, 15) is 29.9 Å². The van der Waals surface area contributed by atoms with Crippen molar-refractivity contribution in [1.82, 2.24) is 9.97 Å². The summed E-state index contributed by atoms with van der Waals surface area (Å²) < 4.78 is -2.21. The summed E-state index contributed by atoms with van der Waals surface area (Å²) in [5.74, 6) is -3.09. The molecule has 11 heteroatoms. The molecule has 0 aliphatic heterocycles. The molecule has 0 saturated carbocycles. The number of aliphatic carboxylic acids is 2. The SMILES string of the molecule is CC(C)(Sc1ccncc1-c1ccc(C(C#N)c2cc(SC(C)(C)C(=O)O)c(-c3ccc(CC(N)=O)cc3)cn2)cc1)C(=O)O. The van der Waals surface area contributed by atoms with Gasteiger partial charge < -0.3 is 15.9 Å². The minimum atomic E-state index is -1.17. The van der Waals surface area contributed by atoms with Crippen LogP contribution in [0.4, 0.5) is 0 Å². The molecule has 2 heterocycles. The maximum absolute atomic E-state index is 12.0. The van der Waals surface area contributed by atoms with E-state index in [1.807, 2.05) is 36.4 Å². The molecule has 1 amide bonds. The maximum Gasteiger partial charge on any atom is 0.319 e. The number of carboxylic acid groups (broad SMARTS) is 2. The van der Waals surface area contributed by atoms with Crippen molar-refractivity contribution in [3.8, 4) is 28.3 Å². The predicted octanol–water partition coefficient (Wildman–Crippen LogP) is 6.40. The molecule has 2 aromatic carbocycles. The number of rotatable bonds is 12. The molecule has 4 rings (SSSR count). The molecule has 0 aliphatic rings. The van der Waals surface area contributed by atoms with E-state index in [1.165, 1.54) is 11.8 Å². The molecule has 4 N–H and O–H groups in total. The Bertz CT molecular complexity index is 1780. The molecule has 0 aliphatic carbocycles. The maximum atomic E-state index is 12.0. The average molecular weight is 641 g/mol. The van der Waals surface area contributed by atoms with Crippen molar-refractivity contribution in [3.05, 3.63) is 96.1 Å². The number of amides is 1. The first kappa shape index (κ1) is 33.2. The number of carboxylic acids is 2. The summed E-state index contributed by atoms with van der Waals surface area (Å²) in [7, 11) is 0. The Hall–Kier alpha value is -4.66. The number of hydrogen-bond acceptors (Lipinski definition) is 8. The van der Waals surface area contributed by atoms with E-state index in [0.29, 0.717) is 21.7 Å². The molecular weight excluding hydrogens is 609 g/mol. The van der Waals surface area contributed by atoms with Gasteiger partial charge in [-0.2, -0.15) is 5.26 Å². The quantitative estimate of drug-likeness (QED) is 0.147. The largest absolute Gasteiger partial charge is 0.480 e. The van der Waals surface area contributed by atoms with Crippen LogP contribution in [0.5, 0.6) is 0 Å². The van der Waals surface area contributed by atoms with Crippen LogP contribution in [0.3, 0.4) is 0 Å². The van der Waals surface area contributed by atoms with Gasteiger partial charge in [-0.3, -0.25) is 24.4 Å². The highest BCUT2D eigenvalue weighted by molar-refractivity contribution is 8.01. The normalized spacial score (nSPS) is 12.2. The Morgan fingerprint density at radius 3 is 1.91 bits per heavy atom. The van der Waals surface area contributed by atoms with Gasteiger partial charge in [0.15, 0.2) is 0 Å². The van der Waals surface area contributed by atoms with Crippen molar-refractivity contribution in [2.45, 2.75) is 59.3 Å². The lowest BCUT2D eigenvalue weighted by Crippen LogP contribution is -2.27. The number of thioether (sulfide) groups is 2. The summed E-state index contributed by atoms with van der Waals surface area (Å²) in [5.41, 5.74) is 10.3. The first-order valence-corrected chi connectivity index (χ1v) is 15.5. The molecule has 1 atom stereocenters. The van der Waals surface area contributed by atoms with Gasteiger partial charge in [0.05, 0.1) is 18.2 Å². The van der Waals surface area contributed by atoms with Crippen LogP contribution < -0.4 is 5.73 Å². The molecule has 9 nitrogen and oxygen atoms in total. The Morgan fingerprint density at radius 2 is 1.38 bits per heavy atom. The zero-order valence-corrected chi connectivity index (χ0v) is 26.8. The van der Waals surface area contributed by atoms with Crippen molar-refractivity contribution in [2.24, 2.45) is 5.73 Å². The zero-order valence-electron chi connectivity index (χ0n) is 25.1. The van der Waals surface area contributed by atoms with Crippen molar-refractivity contribution >= 4 is 41.4 Å². The smallest absolute Gasteiger partial charge is 0.319 e. The zero-order chi connectivity index (χ0) is 32.9. The third kappa shape index (κ3) is 7.90. The average Bonchev–Trinajstić information content (AvgIpc) is 2.98. The van der Waals surface area contributed by atoms with Crippen LogP contribution >= 0.6 is 23.5 Å². The van der Waals surface area contributed by atoms with Crippen LogP contribution in [0.25, 0.3) is 22.3 Å². The summed E-state index contributed by atoms with van der Waals surface area (Å²) >= 11 is 2.39. The molecule has 45 heavy (non-hydrogen) atoms. The molecular formula is C34H32N4O5S2. The number of nitrogens with zero attached hydrogens (tertiary/aromatic N) is 3. The fourth-order valence-corrected chi connectivity index (χ4v) is 6.55. The van der Waals surface area contributed by atoms with E-state index in [-0.39, 0.29) is 6.42 Å².